The second-order valence-corrected chi connectivity index (χ2v) is 26.5. The number of anilines is 4. The Morgan fingerprint density at radius 3 is 1.52 bits per heavy atom. The summed E-state index contributed by atoms with van der Waals surface area (Å²) in [5.41, 5.74) is 17.2. The van der Waals surface area contributed by atoms with Crippen molar-refractivity contribution in [1.29, 1.82) is 0 Å². The number of aromatic nitrogens is 2. The fraction of sp³-hybridized carbons (Fsp3) is 0.379. The molecule has 0 spiro atoms. The Labute approximate surface area is 425 Å². The van der Waals surface area contributed by atoms with Gasteiger partial charge in [0, 0.05) is 40.5 Å². The average Bonchev–Trinajstić information content (AvgIpc) is 3.82. The Kier molecular flexibility index (Phi) is 12.0. The van der Waals surface area contributed by atoms with Crippen LogP contribution in [0.15, 0.2) is 134 Å². The van der Waals surface area contributed by atoms with Gasteiger partial charge in [-0.1, -0.05) is 167 Å². The minimum absolute atomic E-state index is 0.000413. The van der Waals surface area contributed by atoms with Crippen molar-refractivity contribution in [3.8, 4) is 28.4 Å². The molecular formula is C66H78N4O. The summed E-state index contributed by atoms with van der Waals surface area (Å²) in [6.07, 6.45) is 1.95. The first-order valence-corrected chi connectivity index (χ1v) is 25.8. The van der Waals surface area contributed by atoms with Gasteiger partial charge in [0.15, 0.2) is 0 Å². The van der Waals surface area contributed by atoms with Crippen LogP contribution in [0.25, 0.3) is 38.8 Å². The van der Waals surface area contributed by atoms with Crippen LogP contribution in [0, 0.1) is 0 Å². The number of rotatable bonds is 6. The summed E-state index contributed by atoms with van der Waals surface area (Å²) in [6, 6.07) is 47.9. The Bertz CT molecular complexity index is 3260. The fourth-order valence-corrected chi connectivity index (χ4v) is 9.81. The van der Waals surface area contributed by atoms with Crippen molar-refractivity contribution in [2.75, 3.05) is 16.5 Å². The highest BCUT2D eigenvalue weighted by atomic mass is 16.5. The normalized spacial score (nSPS) is 13.9. The van der Waals surface area contributed by atoms with E-state index in [2.05, 4.69) is 266 Å². The number of fused-ring (bicyclic) bond motifs is 4. The van der Waals surface area contributed by atoms with Crippen LogP contribution in [0.3, 0.4) is 0 Å². The van der Waals surface area contributed by atoms with Crippen LogP contribution < -0.4 is 14.5 Å². The Hall–Kier alpha value is -6.33. The van der Waals surface area contributed by atoms with E-state index in [1.807, 2.05) is 6.20 Å². The van der Waals surface area contributed by atoms with Gasteiger partial charge in [-0.2, -0.15) is 0 Å². The molecule has 3 heterocycles. The molecule has 5 nitrogen and oxygen atoms in total. The summed E-state index contributed by atoms with van der Waals surface area (Å²) < 4.78 is 9.25. The molecule has 1 aliphatic heterocycles. The van der Waals surface area contributed by atoms with E-state index < -0.39 is 0 Å². The van der Waals surface area contributed by atoms with Crippen molar-refractivity contribution in [3.05, 3.63) is 167 Å². The lowest BCUT2D eigenvalue weighted by Gasteiger charge is -2.29. The molecule has 1 aliphatic rings. The van der Waals surface area contributed by atoms with Crippen LogP contribution >= 0.6 is 0 Å². The lowest BCUT2D eigenvalue weighted by Crippen LogP contribution is -2.25. The van der Waals surface area contributed by atoms with Gasteiger partial charge in [-0.3, -0.25) is 4.57 Å². The molecule has 0 fully saturated rings. The van der Waals surface area contributed by atoms with Crippen molar-refractivity contribution >= 4 is 44.6 Å². The smallest absolute Gasteiger partial charge is 0.137 e. The molecule has 71 heavy (non-hydrogen) atoms. The molecule has 6 aromatic carbocycles. The van der Waals surface area contributed by atoms with Crippen molar-refractivity contribution in [2.45, 2.75) is 157 Å². The fourth-order valence-electron chi connectivity index (χ4n) is 9.81. The number of hydrogen-bond acceptors (Lipinski definition) is 4. The third kappa shape index (κ3) is 9.87. The van der Waals surface area contributed by atoms with Gasteiger partial charge in [-0.15, -0.1) is 0 Å². The van der Waals surface area contributed by atoms with E-state index >= 15 is 0 Å². The molecule has 5 heteroatoms. The van der Waals surface area contributed by atoms with Gasteiger partial charge in [0.05, 0.1) is 22.4 Å². The second-order valence-electron chi connectivity index (χ2n) is 26.5. The van der Waals surface area contributed by atoms with Crippen LogP contribution in [-0.4, -0.2) is 16.2 Å². The number of benzene rings is 6. The third-order valence-electron chi connectivity index (χ3n) is 14.6. The van der Waals surface area contributed by atoms with Gasteiger partial charge < -0.3 is 14.5 Å². The van der Waals surface area contributed by atoms with Crippen molar-refractivity contribution < 1.29 is 4.74 Å². The first kappa shape index (κ1) is 49.6. The van der Waals surface area contributed by atoms with E-state index in [-0.39, 0.29) is 32.5 Å². The van der Waals surface area contributed by atoms with E-state index in [0.717, 1.165) is 39.4 Å². The van der Waals surface area contributed by atoms with Crippen molar-refractivity contribution in [1.82, 2.24) is 9.55 Å². The molecule has 0 saturated carbocycles. The van der Waals surface area contributed by atoms with Gasteiger partial charge >= 0.3 is 0 Å². The van der Waals surface area contributed by atoms with E-state index in [4.69, 9.17) is 9.72 Å². The minimum Gasteiger partial charge on any atom is -0.457 e. The van der Waals surface area contributed by atoms with Crippen LogP contribution in [0.5, 0.6) is 11.5 Å². The standard InChI is InChI=1S/C66H78N4O/c1-61(2,3)44-23-27-57-59(37-44)69(51-35-48(65(13,14)15)34-49(36-51)66(16,17)18)41-68(57)50-20-19-21-52(39-50)71-53-24-25-54-55-32-42(43-30-46(63(7,8)9)33-47(31-43)64(10,11)12)22-26-56(55)70(58(54)40-53)60-38-45(28-29-67-60)62(4,5)6/h19-40H,41H2,1-18H3. The predicted molar refractivity (Wildman–Crippen MR) is 305 cm³/mol. The van der Waals surface area contributed by atoms with E-state index in [0.29, 0.717) is 6.67 Å². The van der Waals surface area contributed by atoms with E-state index in [9.17, 15) is 0 Å². The summed E-state index contributed by atoms with van der Waals surface area (Å²) in [4.78, 5) is 9.98. The Morgan fingerprint density at radius 2 is 0.930 bits per heavy atom. The Balaban J connectivity index is 1.14. The summed E-state index contributed by atoms with van der Waals surface area (Å²) >= 11 is 0. The topological polar surface area (TPSA) is 33.5 Å². The van der Waals surface area contributed by atoms with Crippen LogP contribution in [0.1, 0.15) is 158 Å². The van der Waals surface area contributed by atoms with Gasteiger partial charge in [-0.25, -0.2) is 4.98 Å². The van der Waals surface area contributed by atoms with E-state index in [1.165, 1.54) is 67.0 Å². The maximum atomic E-state index is 6.93. The first-order valence-electron chi connectivity index (χ1n) is 25.8. The van der Waals surface area contributed by atoms with Gasteiger partial charge in [0.1, 0.15) is 24.0 Å². The number of ether oxygens (including phenoxy) is 1. The monoisotopic (exact) mass is 943 g/mol. The maximum Gasteiger partial charge on any atom is 0.137 e. The SMILES string of the molecule is CC(C)(C)c1cc(-c2ccc3c(c2)c2ccc(Oc4cccc(N5CN(c6cc(C(C)(C)C)cc(C(C)(C)C)c6)c6cc(C(C)(C)C)ccc65)c4)cc2n3-c2cc(C(C)(C)C)ccn2)cc(C(C)(C)C)c1. The highest BCUT2D eigenvalue weighted by molar-refractivity contribution is 6.10. The summed E-state index contributed by atoms with van der Waals surface area (Å²) in [5.74, 6) is 2.44. The molecular weight excluding hydrogens is 865 g/mol. The molecule has 0 N–H and O–H groups in total. The first-order chi connectivity index (χ1) is 32.9. The molecule has 0 bridgehead atoms. The van der Waals surface area contributed by atoms with Crippen LogP contribution in [0.2, 0.25) is 0 Å². The van der Waals surface area contributed by atoms with Crippen molar-refractivity contribution in [3.63, 3.8) is 0 Å². The minimum atomic E-state index is -0.0423. The highest BCUT2D eigenvalue weighted by Crippen LogP contribution is 2.48. The number of hydrogen-bond donors (Lipinski definition) is 0. The molecule has 0 aliphatic carbocycles. The molecule has 0 saturated heterocycles. The Morgan fingerprint density at radius 1 is 0.380 bits per heavy atom. The zero-order valence-electron chi connectivity index (χ0n) is 46.1. The molecule has 0 unspecified atom stereocenters. The van der Waals surface area contributed by atoms with Crippen LogP contribution in [0.4, 0.5) is 22.7 Å². The molecule has 368 valence electrons. The average molecular weight is 943 g/mol. The molecule has 9 rings (SSSR count). The van der Waals surface area contributed by atoms with Crippen molar-refractivity contribution in [2.24, 2.45) is 0 Å². The molecule has 0 amide bonds. The lowest BCUT2D eigenvalue weighted by molar-refractivity contribution is 0.483. The highest BCUT2D eigenvalue weighted by Gasteiger charge is 2.32. The van der Waals surface area contributed by atoms with Gasteiger partial charge in [0.2, 0.25) is 0 Å². The zero-order valence-corrected chi connectivity index (χ0v) is 46.1. The maximum absolute atomic E-state index is 6.93. The molecule has 2 aromatic heterocycles. The number of nitrogens with zero attached hydrogens (tertiary/aromatic N) is 4. The zero-order chi connectivity index (χ0) is 51.4. The number of pyridine rings is 1. The summed E-state index contributed by atoms with van der Waals surface area (Å²) in [7, 11) is 0. The summed E-state index contributed by atoms with van der Waals surface area (Å²) in [6.45, 7) is 42.1. The lowest BCUT2D eigenvalue weighted by atomic mass is 9.79. The predicted octanol–water partition coefficient (Wildman–Crippen LogP) is 18.7. The van der Waals surface area contributed by atoms with E-state index in [1.54, 1.807) is 0 Å². The van der Waals surface area contributed by atoms with Gasteiger partial charge in [-0.05, 0) is 150 Å². The third-order valence-corrected chi connectivity index (χ3v) is 14.6. The molecule has 0 atom stereocenters. The largest absolute Gasteiger partial charge is 0.457 e. The molecule has 8 aromatic rings. The van der Waals surface area contributed by atoms with Gasteiger partial charge in [0.25, 0.3) is 0 Å². The quantitative estimate of drug-likeness (QED) is 0.166. The second kappa shape index (κ2) is 17.2. The summed E-state index contributed by atoms with van der Waals surface area (Å²) in [5, 5.41) is 2.34. The molecule has 0 radical (unpaired) electrons. The van der Waals surface area contributed by atoms with Crippen LogP contribution in [-0.2, 0) is 32.5 Å².